The average Bonchev–Trinajstić information content (AvgIpc) is 3.31. The molecular weight excluding hydrogens is 1080 g/mol. The van der Waals surface area contributed by atoms with Crippen molar-refractivity contribution >= 4 is 67.8 Å². The number of hydrogen-bond acceptors (Lipinski definition) is 15. The van der Waals surface area contributed by atoms with Gasteiger partial charge in [0, 0.05) is 7.11 Å². The minimum Gasteiger partial charge on any atom is -0.507 e. The maximum atomic E-state index is 12.6. The molecule has 0 aliphatic rings. The van der Waals surface area contributed by atoms with Crippen LogP contribution >= 0.6 is 15.9 Å². The van der Waals surface area contributed by atoms with Crippen LogP contribution in [0, 0.1) is 5.82 Å². The monoisotopic (exact) mass is 1130 g/mol. The number of phenols is 1. The third-order valence-corrected chi connectivity index (χ3v) is 11.7. The van der Waals surface area contributed by atoms with Gasteiger partial charge < -0.3 is 36.3 Å². The van der Waals surface area contributed by atoms with Crippen LogP contribution in [0.3, 0.4) is 0 Å². The summed E-state index contributed by atoms with van der Waals surface area (Å²) in [5.41, 5.74) is 11.4. The molecule has 71 heavy (non-hydrogen) atoms. The number of para-hydroxylation sites is 3. The van der Waals surface area contributed by atoms with Crippen LogP contribution in [0.5, 0.6) is 17.2 Å². The fraction of sp³-hybridized carbons (Fsp3) is 0.136. The summed E-state index contributed by atoms with van der Waals surface area (Å²) in [4.78, 5) is 19.1. The first-order valence-corrected chi connectivity index (χ1v) is 26.4. The topological polar surface area (TPSA) is 406 Å². The Bertz CT molecular complexity index is 2910. The van der Waals surface area contributed by atoms with Gasteiger partial charge in [0.1, 0.15) is 49.3 Å². The highest BCUT2D eigenvalue weighted by Gasteiger charge is 2.16. The molecule has 6 aromatic rings. The first-order chi connectivity index (χ1) is 32.7. The molecule has 0 aliphatic carbocycles. The lowest BCUT2D eigenvalue weighted by Gasteiger charge is -2.09. The zero-order chi connectivity index (χ0) is 53.6. The Kier molecular flexibility index (Phi) is 32.0. The molecular formula is C44H56BrFN6O15S4. The Hall–Kier alpha value is -6.37. The van der Waals surface area contributed by atoms with Crippen molar-refractivity contribution in [3.8, 4) is 17.2 Å². The van der Waals surface area contributed by atoms with Crippen LogP contribution in [0.4, 0.5) is 4.39 Å². The zero-order valence-electron chi connectivity index (χ0n) is 36.9. The largest absolute Gasteiger partial charge is 0.507 e. The lowest BCUT2D eigenvalue weighted by atomic mass is 10.2. The van der Waals surface area contributed by atoms with Gasteiger partial charge in [-0.25, -0.2) is 58.6 Å². The van der Waals surface area contributed by atoms with Crippen LogP contribution in [0.15, 0.2) is 177 Å². The number of benzene rings is 6. The van der Waals surface area contributed by atoms with Gasteiger partial charge in [-0.2, -0.15) is 0 Å². The minimum absolute atomic E-state index is 0. The third-order valence-electron chi connectivity index (χ3n) is 7.39. The first kappa shape index (κ1) is 66.7. The third kappa shape index (κ3) is 28.8. The fourth-order valence-corrected chi connectivity index (χ4v) is 7.04. The maximum Gasteiger partial charge on any atom is 0.255 e. The van der Waals surface area contributed by atoms with Gasteiger partial charge in [-0.05, 0) is 59.7 Å². The molecule has 0 spiro atoms. The summed E-state index contributed by atoms with van der Waals surface area (Å²) in [6.07, 6.45) is 0. The number of halogens is 2. The molecule has 0 radical (unpaired) electrons. The SMILES string of the molecule is C.CO.NC(=O)CBr.NC(=O)COc1ccccc1S(N)(=O)=O.NS(=O)(=O)c1ccccc1F.NS(=O)(=O)c1ccccc1O.NS(=O)(=O)c1ccccc1OCc1ccccc1.OCc1ccccc1. The summed E-state index contributed by atoms with van der Waals surface area (Å²) < 4.78 is 110. The quantitative estimate of drug-likeness (QED) is 0.0796. The Morgan fingerprint density at radius 1 is 0.507 bits per heavy atom. The summed E-state index contributed by atoms with van der Waals surface area (Å²) in [5.74, 6) is -1.89. The number of amides is 2. The molecule has 0 aliphatic heterocycles. The number of primary sulfonamides is 4. The summed E-state index contributed by atoms with van der Waals surface area (Å²) in [7, 11) is -14.3. The number of carbonyl (C=O) groups is 2. The minimum atomic E-state index is -3.91. The van der Waals surface area contributed by atoms with E-state index >= 15 is 0 Å². The molecule has 21 nitrogen and oxygen atoms in total. The highest BCUT2D eigenvalue weighted by atomic mass is 79.9. The van der Waals surface area contributed by atoms with Gasteiger partial charge in [0.2, 0.25) is 46.0 Å². The second kappa shape index (κ2) is 34.0. The van der Waals surface area contributed by atoms with E-state index in [2.05, 4.69) is 26.8 Å². The van der Waals surface area contributed by atoms with Crippen molar-refractivity contribution in [2.24, 2.45) is 32.0 Å². The first-order valence-electron chi connectivity index (χ1n) is 19.1. The van der Waals surface area contributed by atoms with E-state index in [-0.39, 0.29) is 57.2 Å². The van der Waals surface area contributed by atoms with Crippen LogP contribution in [-0.2, 0) is 62.9 Å². The second-order valence-electron chi connectivity index (χ2n) is 12.7. The maximum absolute atomic E-state index is 12.6. The number of primary amides is 2. The van der Waals surface area contributed by atoms with Crippen LogP contribution < -0.4 is 41.5 Å². The predicted molar refractivity (Wildman–Crippen MR) is 269 cm³/mol. The summed E-state index contributed by atoms with van der Waals surface area (Å²) in [6.45, 7) is 0.0424. The Balaban J connectivity index is 0. The van der Waals surface area contributed by atoms with Crippen molar-refractivity contribution in [2.75, 3.05) is 19.0 Å². The standard InChI is InChI=1S/C13H13NO3S.C8H10N2O4S.C7H8O.C6H6FNO2S.C6H7NO3S.C2H4BrNO.CH4O.CH4/c14-18(15,16)13-9-5-4-8-12(13)17-10-11-6-2-1-3-7-11;9-8(11)5-14-6-3-1-2-4-7(6)15(10,12)13;8-6-7-4-2-1-3-5-7;7-5-3-1-2-4-6(5)11(8,9)10;7-11(9,10)6-4-2-1-3-5(6)8;3-1-2(4)5;1-2;/h1-9H,10H2,(H2,14,15,16);1-4H,5H2,(H2,9,11)(H2,10,12,13);1-5,8H,6H2;1-4H,(H2,8,9,10);1-4,8H,(H2,7,9,10);1H2,(H2,4,5);2H,1H3;1H4. The number of alkyl halides is 1. The lowest BCUT2D eigenvalue weighted by molar-refractivity contribution is -0.120. The van der Waals surface area contributed by atoms with Gasteiger partial charge in [0.05, 0.1) is 11.9 Å². The molecule has 6 aromatic carbocycles. The molecule has 2 amide bonds. The molecule has 0 heterocycles. The highest BCUT2D eigenvalue weighted by Crippen LogP contribution is 2.24. The molecule has 0 fully saturated rings. The van der Waals surface area contributed by atoms with E-state index in [9.17, 15) is 47.7 Å². The molecule has 0 atom stereocenters. The molecule has 15 N–H and O–H groups in total. The van der Waals surface area contributed by atoms with Gasteiger partial charge in [0.15, 0.2) is 6.61 Å². The van der Waals surface area contributed by atoms with Gasteiger partial charge in [0.25, 0.3) is 5.91 Å². The van der Waals surface area contributed by atoms with Crippen molar-refractivity contribution in [3.05, 3.63) is 175 Å². The van der Waals surface area contributed by atoms with Crippen LogP contribution in [0.2, 0.25) is 0 Å². The number of aliphatic hydroxyl groups excluding tert-OH is 2. The molecule has 6 rings (SSSR count). The summed E-state index contributed by atoms with van der Waals surface area (Å²) in [5, 5.41) is 44.3. The molecule has 0 bridgehead atoms. The Morgan fingerprint density at radius 2 is 0.831 bits per heavy atom. The molecule has 0 saturated carbocycles. The van der Waals surface area contributed by atoms with Crippen LogP contribution in [0.1, 0.15) is 18.6 Å². The fourth-order valence-electron chi connectivity index (χ4n) is 4.45. The molecule has 390 valence electrons. The number of sulfonamides is 4. The summed E-state index contributed by atoms with van der Waals surface area (Å²) in [6, 6.07) is 41.5. The Morgan fingerprint density at radius 3 is 1.14 bits per heavy atom. The van der Waals surface area contributed by atoms with E-state index in [1.807, 2.05) is 60.7 Å². The van der Waals surface area contributed by atoms with Crippen LogP contribution in [0.25, 0.3) is 0 Å². The number of carbonyl (C=O) groups excluding carboxylic acids is 2. The predicted octanol–water partition coefficient (Wildman–Crippen LogP) is 2.91. The van der Waals surface area contributed by atoms with Crippen molar-refractivity contribution in [2.45, 2.75) is 40.2 Å². The highest BCUT2D eigenvalue weighted by molar-refractivity contribution is 9.09. The van der Waals surface area contributed by atoms with E-state index in [0.717, 1.165) is 30.4 Å². The number of hydrogen-bond donors (Lipinski definition) is 9. The summed E-state index contributed by atoms with van der Waals surface area (Å²) >= 11 is 2.84. The van der Waals surface area contributed by atoms with Gasteiger partial charge in [-0.15, -0.1) is 0 Å². The van der Waals surface area contributed by atoms with E-state index in [1.165, 1.54) is 60.7 Å². The average molecular weight is 1140 g/mol. The number of rotatable bonds is 12. The van der Waals surface area contributed by atoms with E-state index in [0.29, 0.717) is 6.61 Å². The number of aromatic hydroxyl groups is 1. The van der Waals surface area contributed by atoms with Crippen LogP contribution in [-0.4, -0.2) is 79.9 Å². The van der Waals surface area contributed by atoms with Crippen molar-refractivity contribution in [3.63, 3.8) is 0 Å². The van der Waals surface area contributed by atoms with E-state index in [1.54, 1.807) is 24.3 Å². The van der Waals surface area contributed by atoms with Gasteiger partial charge in [-0.1, -0.05) is 133 Å². The molecule has 27 heteroatoms. The Labute approximate surface area is 421 Å². The smallest absolute Gasteiger partial charge is 0.255 e. The second-order valence-corrected chi connectivity index (χ2v) is 19.4. The zero-order valence-corrected chi connectivity index (χ0v) is 41.8. The van der Waals surface area contributed by atoms with Crippen molar-refractivity contribution < 1.29 is 72.4 Å². The lowest BCUT2D eigenvalue weighted by Crippen LogP contribution is -2.21. The number of ether oxygens (including phenoxy) is 2. The van der Waals surface area contributed by atoms with E-state index in [4.69, 9.17) is 45.9 Å². The number of nitrogens with two attached hydrogens (primary N) is 6. The van der Waals surface area contributed by atoms with E-state index < -0.39 is 63.3 Å². The molecule has 0 unspecified atom stereocenters. The van der Waals surface area contributed by atoms with Crippen molar-refractivity contribution in [1.82, 2.24) is 0 Å². The number of aliphatic hydroxyl groups is 2. The van der Waals surface area contributed by atoms with Crippen molar-refractivity contribution in [1.29, 1.82) is 0 Å². The van der Waals surface area contributed by atoms with Gasteiger partial charge in [-0.3, -0.25) is 9.59 Å². The molecule has 0 aromatic heterocycles. The number of phenolic OH excluding ortho intramolecular Hbond substituents is 1. The molecule has 0 saturated heterocycles. The normalized spacial score (nSPS) is 10.3. The van der Waals surface area contributed by atoms with Gasteiger partial charge >= 0.3 is 0 Å².